The van der Waals surface area contributed by atoms with Gasteiger partial charge >= 0.3 is 7.82 Å². The van der Waals surface area contributed by atoms with Crippen molar-refractivity contribution < 1.29 is 18.9 Å². The summed E-state index contributed by atoms with van der Waals surface area (Å²) in [5.74, 6) is -0.177. The van der Waals surface area contributed by atoms with Crippen molar-refractivity contribution in [3.05, 3.63) is 0 Å². The van der Waals surface area contributed by atoms with E-state index in [2.05, 4.69) is 4.52 Å². The number of nitrogens with zero attached hydrogens (tertiary/aromatic N) is 1. The van der Waals surface area contributed by atoms with Gasteiger partial charge in [-0.25, -0.2) is 4.57 Å². The second-order valence-corrected chi connectivity index (χ2v) is 3.37. The number of guanidine groups is 1. The van der Waals surface area contributed by atoms with Crippen LogP contribution in [0.3, 0.4) is 0 Å². The molecule has 0 fully saturated rings. The highest BCUT2D eigenvalue weighted by Gasteiger charge is 2.13. The number of nitrogens with two attached hydrogens (primary N) is 1. The zero-order chi connectivity index (χ0) is 9.78. The van der Waals surface area contributed by atoms with Gasteiger partial charge in [-0.1, -0.05) is 0 Å². The van der Waals surface area contributed by atoms with Crippen LogP contribution in [0.5, 0.6) is 0 Å². The molecule has 72 valence electrons. The van der Waals surface area contributed by atoms with Gasteiger partial charge in [0, 0.05) is 13.6 Å². The van der Waals surface area contributed by atoms with Crippen molar-refractivity contribution in [1.82, 2.24) is 4.90 Å². The molecule has 0 aliphatic rings. The number of rotatable bonds is 4. The lowest BCUT2D eigenvalue weighted by Gasteiger charge is -2.16. The Balaban J connectivity index is 3.58. The van der Waals surface area contributed by atoms with E-state index in [0.717, 1.165) is 0 Å². The Bertz CT molecular complexity index is 202. The monoisotopic (exact) mass is 197 g/mol. The fraction of sp³-hybridized carbons (Fsp3) is 0.750. The van der Waals surface area contributed by atoms with Crippen LogP contribution in [-0.4, -0.2) is 40.8 Å². The average Bonchev–Trinajstić information content (AvgIpc) is 1.84. The predicted octanol–water partition coefficient (Wildman–Crippen LogP) is -1.08. The second kappa shape index (κ2) is 4.42. The molecule has 0 aromatic carbocycles. The molecule has 8 heteroatoms. The Labute approximate surface area is 69.9 Å². The quantitative estimate of drug-likeness (QED) is 0.258. The molecular formula is C4H12N3O4P. The van der Waals surface area contributed by atoms with Crippen LogP contribution in [0.15, 0.2) is 0 Å². The van der Waals surface area contributed by atoms with Gasteiger partial charge in [0.1, 0.15) is 0 Å². The summed E-state index contributed by atoms with van der Waals surface area (Å²) in [5, 5.41) is 6.89. The van der Waals surface area contributed by atoms with Gasteiger partial charge in [-0.15, -0.1) is 0 Å². The molecule has 0 bridgehead atoms. The van der Waals surface area contributed by atoms with Crippen molar-refractivity contribution in [3.8, 4) is 0 Å². The fourth-order valence-electron chi connectivity index (χ4n) is 0.417. The number of nitrogens with one attached hydrogen (secondary N) is 1. The Morgan fingerprint density at radius 3 is 2.58 bits per heavy atom. The van der Waals surface area contributed by atoms with Crippen molar-refractivity contribution >= 4 is 13.8 Å². The number of hydrogen-bond donors (Lipinski definition) is 4. The van der Waals surface area contributed by atoms with E-state index in [4.69, 9.17) is 20.9 Å². The third kappa shape index (κ3) is 6.11. The molecule has 0 rings (SSSR count). The third-order valence-electron chi connectivity index (χ3n) is 1.10. The molecule has 5 N–H and O–H groups in total. The summed E-state index contributed by atoms with van der Waals surface area (Å²) in [4.78, 5) is 17.8. The minimum atomic E-state index is -4.39. The molecule has 0 radical (unpaired) electrons. The molecule has 0 saturated carbocycles. The first-order chi connectivity index (χ1) is 5.33. The highest BCUT2D eigenvalue weighted by molar-refractivity contribution is 7.46. The van der Waals surface area contributed by atoms with Crippen molar-refractivity contribution in [1.29, 1.82) is 5.41 Å². The standard InChI is InChI=1S/C4H12N3O4P/c1-7(4(5)6)2-3-11-12(8,9)10/h2-3H2,1H3,(H3,5,6)(H2,8,9,10). The smallest absolute Gasteiger partial charge is 0.370 e. The van der Waals surface area contributed by atoms with Crippen molar-refractivity contribution in [2.24, 2.45) is 5.73 Å². The van der Waals surface area contributed by atoms with Crippen molar-refractivity contribution in [2.45, 2.75) is 0 Å². The molecule has 0 aromatic rings. The van der Waals surface area contributed by atoms with Gasteiger partial charge in [0.25, 0.3) is 0 Å². The van der Waals surface area contributed by atoms with Crippen LogP contribution in [0.1, 0.15) is 0 Å². The lowest BCUT2D eigenvalue weighted by molar-refractivity contribution is 0.187. The summed E-state index contributed by atoms with van der Waals surface area (Å²) < 4.78 is 14.3. The zero-order valence-corrected chi connectivity index (χ0v) is 7.49. The SMILES string of the molecule is CN(CCOP(=O)(O)O)C(=N)N. The molecule has 0 amide bonds. The Morgan fingerprint density at radius 2 is 2.25 bits per heavy atom. The van der Waals surface area contributed by atoms with E-state index in [0.29, 0.717) is 0 Å². The van der Waals surface area contributed by atoms with E-state index in [-0.39, 0.29) is 19.1 Å². The van der Waals surface area contributed by atoms with Gasteiger partial charge in [-0.3, -0.25) is 9.93 Å². The first-order valence-corrected chi connectivity index (χ1v) is 4.61. The fourth-order valence-corrected chi connectivity index (χ4v) is 0.737. The summed E-state index contributed by atoms with van der Waals surface area (Å²) in [7, 11) is -2.87. The first-order valence-electron chi connectivity index (χ1n) is 3.08. The van der Waals surface area contributed by atoms with Crippen LogP contribution in [-0.2, 0) is 9.09 Å². The summed E-state index contributed by atoms with van der Waals surface area (Å²) in [5.41, 5.74) is 5.05. The number of hydrogen-bond acceptors (Lipinski definition) is 3. The normalized spacial score (nSPS) is 11.2. The highest BCUT2D eigenvalue weighted by atomic mass is 31.2. The highest BCUT2D eigenvalue weighted by Crippen LogP contribution is 2.35. The summed E-state index contributed by atoms with van der Waals surface area (Å²) >= 11 is 0. The van der Waals surface area contributed by atoms with Gasteiger partial charge in [0.15, 0.2) is 5.96 Å². The third-order valence-corrected chi connectivity index (χ3v) is 1.62. The molecule has 0 heterocycles. The number of phosphoric acid groups is 1. The van der Waals surface area contributed by atoms with Gasteiger partial charge in [-0.05, 0) is 0 Å². The van der Waals surface area contributed by atoms with Crippen LogP contribution in [0, 0.1) is 5.41 Å². The van der Waals surface area contributed by atoms with E-state index in [9.17, 15) is 4.57 Å². The van der Waals surface area contributed by atoms with Crippen LogP contribution in [0.2, 0.25) is 0 Å². The van der Waals surface area contributed by atoms with Crippen molar-refractivity contribution in [2.75, 3.05) is 20.2 Å². The first kappa shape index (κ1) is 11.4. The van der Waals surface area contributed by atoms with Crippen LogP contribution in [0.25, 0.3) is 0 Å². The minimum absolute atomic E-state index is 0.166. The predicted molar refractivity (Wildman–Crippen MR) is 42.5 cm³/mol. The van der Waals surface area contributed by atoms with Crippen LogP contribution < -0.4 is 5.73 Å². The average molecular weight is 197 g/mol. The lowest BCUT2D eigenvalue weighted by atomic mass is 10.6. The zero-order valence-electron chi connectivity index (χ0n) is 6.60. The summed E-state index contributed by atoms with van der Waals surface area (Å²) in [6, 6.07) is 0. The van der Waals surface area contributed by atoms with Gasteiger partial charge < -0.3 is 20.4 Å². The maximum absolute atomic E-state index is 10.2. The maximum atomic E-state index is 10.2. The van der Waals surface area contributed by atoms with E-state index in [1.165, 1.54) is 11.9 Å². The lowest BCUT2D eigenvalue weighted by Crippen LogP contribution is -2.35. The summed E-state index contributed by atoms with van der Waals surface area (Å²) in [6.45, 7) is 0.000795. The molecule has 7 nitrogen and oxygen atoms in total. The topological polar surface area (TPSA) is 120 Å². The second-order valence-electron chi connectivity index (χ2n) is 2.13. The van der Waals surface area contributed by atoms with Gasteiger partial charge in [0.05, 0.1) is 6.61 Å². The Kier molecular flexibility index (Phi) is 4.19. The molecule has 0 spiro atoms. The maximum Gasteiger partial charge on any atom is 0.469 e. The largest absolute Gasteiger partial charge is 0.469 e. The Hall–Kier alpha value is -0.620. The molecule has 12 heavy (non-hydrogen) atoms. The number of phosphoric ester groups is 1. The molecule has 0 saturated heterocycles. The minimum Gasteiger partial charge on any atom is -0.370 e. The Morgan fingerprint density at radius 1 is 1.75 bits per heavy atom. The van der Waals surface area contributed by atoms with Gasteiger partial charge in [-0.2, -0.15) is 0 Å². The van der Waals surface area contributed by atoms with E-state index >= 15 is 0 Å². The van der Waals surface area contributed by atoms with Crippen LogP contribution >= 0.6 is 7.82 Å². The number of likely N-dealkylation sites (N-methyl/N-ethyl adjacent to an activating group) is 1. The van der Waals surface area contributed by atoms with E-state index in [1.807, 2.05) is 0 Å². The van der Waals surface area contributed by atoms with Crippen LogP contribution in [0.4, 0.5) is 0 Å². The summed E-state index contributed by atoms with van der Waals surface area (Å²) in [6.07, 6.45) is 0. The molecule has 0 unspecified atom stereocenters. The van der Waals surface area contributed by atoms with Crippen molar-refractivity contribution in [3.63, 3.8) is 0 Å². The molecule has 0 atom stereocenters. The molecular weight excluding hydrogens is 185 g/mol. The molecule has 0 aliphatic carbocycles. The van der Waals surface area contributed by atoms with E-state index < -0.39 is 7.82 Å². The van der Waals surface area contributed by atoms with Gasteiger partial charge in [0.2, 0.25) is 0 Å². The molecule has 0 aromatic heterocycles. The van der Waals surface area contributed by atoms with E-state index in [1.54, 1.807) is 0 Å². The molecule has 0 aliphatic heterocycles.